The first-order chi connectivity index (χ1) is 16.0. The van der Waals surface area contributed by atoms with E-state index in [-0.39, 0.29) is 12.1 Å². The molecule has 0 bridgehead atoms. The minimum atomic E-state index is -0.104. The normalized spacial score (nSPS) is 13.5. The average Bonchev–Trinajstić information content (AvgIpc) is 2.78. The van der Waals surface area contributed by atoms with E-state index in [0.717, 1.165) is 13.1 Å². The van der Waals surface area contributed by atoms with Crippen LogP contribution >= 0.6 is 20.2 Å². The van der Waals surface area contributed by atoms with E-state index in [1.807, 2.05) is 0 Å². The zero-order valence-electron chi connectivity index (χ0n) is 22.0. The van der Waals surface area contributed by atoms with Gasteiger partial charge in [-0.1, -0.05) is 91.8 Å². The molecule has 0 spiro atoms. The van der Waals surface area contributed by atoms with Gasteiger partial charge in [-0.05, 0) is 57.1 Å². The second-order valence-corrected chi connectivity index (χ2v) is 11.7. The van der Waals surface area contributed by atoms with Crippen LogP contribution < -0.4 is 11.5 Å². The van der Waals surface area contributed by atoms with Crippen molar-refractivity contribution in [3.8, 4) is 0 Å². The molecular formula is C28H44Cl2CuN3-. The molecule has 2 atom stereocenters. The van der Waals surface area contributed by atoms with E-state index in [0.29, 0.717) is 36.8 Å². The third-order valence-electron chi connectivity index (χ3n) is 6.23. The van der Waals surface area contributed by atoms with Crippen molar-refractivity contribution in [3.63, 3.8) is 0 Å². The van der Waals surface area contributed by atoms with Crippen molar-refractivity contribution < 1.29 is 13.1 Å². The number of benzene rings is 2. The predicted octanol–water partition coefficient (Wildman–Crippen LogP) is 8.63. The maximum atomic E-state index is 6.72. The number of nitrogens with two attached hydrogens (primary N) is 2. The summed E-state index contributed by atoms with van der Waals surface area (Å²) in [4.78, 5) is 0. The summed E-state index contributed by atoms with van der Waals surface area (Å²) in [5.74, 6) is 1.75. The zero-order valence-corrected chi connectivity index (χ0v) is 24.5. The summed E-state index contributed by atoms with van der Waals surface area (Å²) in [5.41, 5.74) is 21.3. The van der Waals surface area contributed by atoms with Crippen molar-refractivity contribution in [2.75, 3.05) is 13.1 Å². The summed E-state index contributed by atoms with van der Waals surface area (Å²) in [6.07, 6.45) is 0. The van der Waals surface area contributed by atoms with Crippen LogP contribution in [0, 0.1) is 0 Å². The Kier molecular flexibility index (Phi) is 14.4. The Bertz CT molecular complexity index is 747. The fraction of sp³-hybridized carbons (Fsp3) is 0.571. The molecule has 0 saturated carbocycles. The van der Waals surface area contributed by atoms with Gasteiger partial charge in [0.05, 0.1) is 0 Å². The van der Waals surface area contributed by atoms with Gasteiger partial charge in [-0.15, -0.1) is 13.1 Å². The van der Waals surface area contributed by atoms with Gasteiger partial charge < -0.3 is 16.8 Å². The van der Waals surface area contributed by atoms with Gasteiger partial charge in [-0.25, -0.2) is 0 Å². The van der Waals surface area contributed by atoms with Crippen LogP contribution in [0.1, 0.15) is 125 Å². The Morgan fingerprint density at radius 2 is 0.853 bits per heavy atom. The first-order valence-electron chi connectivity index (χ1n) is 12.2. The monoisotopic (exact) mass is 555 g/mol. The summed E-state index contributed by atoms with van der Waals surface area (Å²) >= 11 is 0.757. The van der Waals surface area contributed by atoms with Crippen molar-refractivity contribution in [2.45, 2.75) is 91.1 Å². The molecule has 6 heteroatoms. The number of halogens is 2. The molecule has 0 aromatic heterocycles. The van der Waals surface area contributed by atoms with Gasteiger partial charge in [-0.3, -0.25) is 0 Å². The Morgan fingerprint density at radius 1 is 0.618 bits per heavy atom. The van der Waals surface area contributed by atoms with E-state index >= 15 is 0 Å². The zero-order chi connectivity index (χ0) is 26.0. The predicted molar refractivity (Wildman–Crippen MR) is 148 cm³/mol. The minimum absolute atomic E-state index is 0.104. The SMILES string of the molecule is CC(C)c1cccc(C(C)C)c1C(N)C[N-]CC(N)c1c(C(C)C)cccc1C(C)C.[Cl][Cu][Cl]. The molecule has 0 radical (unpaired) electrons. The van der Waals surface area contributed by atoms with Gasteiger partial charge in [0.1, 0.15) is 0 Å². The Balaban J connectivity index is 0.00000182. The van der Waals surface area contributed by atoms with Crippen molar-refractivity contribution in [3.05, 3.63) is 75.1 Å². The molecule has 3 nitrogen and oxygen atoms in total. The molecule has 2 aromatic rings. The Hall–Kier alpha value is -0.581. The molecule has 2 unspecified atom stereocenters. The van der Waals surface area contributed by atoms with Crippen LogP contribution in [0.3, 0.4) is 0 Å². The molecule has 2 rings (SSSR count). The average molecular weight is 557 g/mol. The topological polar surface area (TPSA) is 66.1 Å². The van der Waals surface area contributed by atoms with Gasteiger partial charge in [0, 0.05) is 12.1 Å². The van der Waals surface area contributed by atoms with Crippen LogP contribution in [0.5, 0.6) is 0 Å². The maximum absolute atomic E-state index is 6.72. The van der Waals surface area contributed by atoms with Gasteiger partial charge in [0.25, 0.3) is 0 Å². The van der Waals surface area contributed by atoms with Gasteiger partial charge in [0.2, 0.25) is 0 Å². The first kappa shape index (κ1) is 31.4. The van der Waals surface area contributed by atoms with Crippen molar-refractivity contribution in [1.29, 1.82) is 0 Å². The molecule has 0 aliphatic heterocycles. The summed E-state index contributed by atoms with van der Waals surface area (Å²) in [5, 5.41) is 4.88. The second-order valence-electron chi connectivity index (χ2n) is 10.2. The molecule has 4 N–H and O–H groups in total. The van der Waals surface area contributed by atoms with Crippen molar-refractivity contribution in [2.24, 2.45) is 11.5 Å². The van der Waals surface area contributed by atoms with E-state index in [1.54, 1.807) is 0 Å². The molecule has 34 heavy (non-hydrogen) atoms. The van der Waals surface area contributed by atoms with Crippen LogP contribution in [-0.4, -0.2) is 13.1 Å². The van der Waals surface area contributed by atoms with E-state index in [2.05, 4.69) is 112 Å². The molecule has 2 aromatic carbocycles. The summed E-state index contributed by atoms with van der Waals surface area (Å²) < 4.78 is 0. The van der Waals surface area contributed by atoms with Crippen molar-refractivity contribution >= 4 is 20.2 Å². The fourth-order valence-electron chi connectivity index (χ4n) is 4.61. The first-order valence-corrected chi connectivity index (χ1v) is 14.8. The van der Waals surface area contributed by atoms with Crippen LogP contribution in [0.2, 0.25) is 0 Å². The number of nitrogens with zero attached hydrogens (tertiary/aromatic N) is 1. The van der Waals surface area contributed by atoms with E-state index in [4.69, 9.17) is 16.8 Å². The molecular weight excluding hydrogens is 513 g/mol. The second kappa shape index (κ2) is 15.5. The van der Waals surface area contributed by atoms with E-state index in [1.165, 1.54) is 33.4 Å². The summed E-state index contributed by atoms with van der Waals surface area (Å²) in [6, 6.07) is 13.0. The van der Waals surface area contributed by atoms with Crippen LogP contribution in [0.4, 0.5) is 0 Å². The van der Waals surface area contributed by atoms with E-state index in [9.17, 15) is 0 Å². The van der Waals surface area contributed by atoms with Crippen LogP contribution in [-0.2, 0) is 13.1 Å². The van der Waals surface area contributed by atoms with Gasteiger partial charge >= 0.3 is 33.3 Å². The summed E-state index contributed by atoms with van der Waals surface area (Å²) in [7, 11) is 9.34. The molecule has 0 saturated heterocycles. The third-order valence-corrected chi connectivity index (χ3v) is 6.23. The molecule has 0 heterocycles. The molecule has 0 fully saturated rings. The number of rotatable bonds is 10. The number of hydrogen-bond acceptors (Lipinski definition) is 2. The molecule has 0 aliphatic carbocycles. The third kappa shape index (κ3) is 8.82. The summed E-state index contributed by atoms with van der Waals surface area (Å²) in [6.45, 7) is 19.1. The van der Waals surface area contributed by atoms with Gasteiger partial charge in [0.15, 0.2) is 0 Å². The molecule has 197 valence electrons. The number of hydrogen-bond donors (Lipinski definition) is 2. The quantitative estimate of drug-likeness (QED) is 0.288. The standard InChI is InChI=1S/C28H44N3.2ClH.Cu/c1-17(2)21-11-9-12-22(18(3)4)27(21)25(29)15-31-16-26(30)28-23(19(5)6)13-10-14-24(28)20(7)8;;;/h9-14,17-20,25-26H,15-16,29-30H2,1-8H3;2*1H;/q-1;;;+2/p-2. The van der Waals surface area contributed by atoms with Crippen LogP contribution in [0.25, 0.3) is 5.32 Å². The Morgan fingerprint density at radius 3 is 1.06 bits per heavy atom. The Labute approximate surface area is 223 Å². The van der Waals surface area contributed by atoms with E-state index < -0.39 is 0 Å². The van der Waals surface area contributed by atoms with Crippen LogP contribution in [0.15, 0.2) is 36.4 Å². The van der Waals surface area contributed by atoms with Gasteiger partial charge in [-0.2, -0.15) is 0 Å². The molecule has 0 aliphatic rings. The van der Waals surface area contributed by atoms with Crippen molar-refractivity contribution in [1.82, 2.24) is 0 Å². The fourth-order valence-corrected chi connectivity index (χ4v) is 4.61. The molecule has 0 amide bonds.